The molecule has 0 saturated carbocycles. The van der Waals surface area contributed by atoms with Gasteiger partial charge in [-0.1, -0.05) is 26.3 Å². The highest BCUT2D eigenvalue weighted by atomic mass is 14.9. The zero-order valence-corrected chi connectivity index (χ0v) is 10.7. The van der Waals surface area contributed by atoms with Crippen LogP contribution in [0.1, 0.15) is 39.3 Å². The number of aromatic nitrogens is 1. The first-order chi connectivity index (χ1) is 7.72. The van der Waals surface area contributed by atoms with Gasteiger partial charge in [-0.3, -0.25) is 4.98 Å². The molecule has 0 amide bonds. The molecule has 2 unspecified atom stereocenters. The summed E-state index contributed by atoms with van der Waals surface area (Å²) in [6.45, 7) is 7.86. The van der Waals surface area contributed by atoms with Crippen LogP contribution in [0, 0.1) is 5.92 Å². The number of rotatable bonds is 7. The molecular weight excluding hydrogens is 196 g/mol. The summed E-state index contributed by atoms with van der Waals surface area (Å²) in [5.41, 5.74) is 1.17. The van der Waals surface area contributed by atoms with Gasteiger partial charge in [-0.05, 0) is 31.4 Å². The minimum atomic E-state index is 0.610. The van der Waals surface area contributed by atoms with Crippen molar-refractivity contribution in [2.75, 3.05) is 6.54 Å². The predicted octanol–water partition coefficient (Wildman–Crippen LogP) is 3.04. The van der Waals surface area contributed by atoms with Crippen molar-refractivity contribution in [3.05, 3.63) is 30.1 Å². The lowest BCUT2D eigenvalue weighted by Gasteiger charge is -2.17. The molecule has 2 atom stereocenters. The summed E-state index contributed by atoms with van der Waals surface area (Å²) in [7, 11) is 0. The molecule has 90 valence electrons. The van der Waals surface area contributed by atoms with Crippen molar-refractivity contribution < 1.29 is 0 Å². The Kier molecular flexibility index (Phi) is 6.09. The van der Waals surface area contributed by atoms with E-state index in [0.29, 0.717) is 6.04 Å². The highest BCUT2D eigenvalue weighted by Gasteiger charge is 2.06. The number of hydrogen-bond donors (Lipinski definition) is 1. The van der Waals surface area contributed by atoms with Crippen LogP contribution in [0.4, 0.5) is 0 Å². The topological polar surface area (TPSA) is 24.9 Å². The normalized spacial score (nSPS) is 14.7. The molecule has 0 radical (unpaired) electrons. The maximum Gasteiger partial charge on any atom is 0.0416 e. The minimum absolute atomic E-state index is 0.610. The molecule has 0 fully saturated rings. The maximum atomic E-state index is 4.31. The van der Waals surface area contributed by atoms with Gasteiger partial charge in [-0.15, -0.1) is 0 Å². The molecule has 2 heteroatoms. The lowest BCUT2D eigenvalue weighted by molar-refractivity contribution is 0.414. The highest BCUT2D eigenvalue weighted by Crippen LogP contribution is 2.09. The van der Waals surface area contributed by atoms with Crippen LogP contribution >= 0.6 is 0 Å². The molecule has 16 heavy (non-hydrogen) atoms. The SMILES string of the molecule is CCC(C)CC(C)NCCc1ccccn1. The van der Waals surface area contributed by atoms with E-state index in [1.807, 2.05) is 18.3 Å². The van der Waals surface area contributed by atoms with E-state index >= 15 is 0 Å². The van der Waals surface area contributed by atoms with Crippen LogP contribution in [0.5, 0.6) is 0 Å². The fraction of sp³-hybridized carbons (Fsp3) is 0.643. The molecular formula is C14H24N2. The van der Waals surface area contributed by atoms with Gasteiger partial charge in [0, 0.05) is 30.9 Å². The molecule has 0 aliphatic heterocycles. The van der Waals surface area contributed by atoms with Crippen molar-refractivity contribution in [1.82, 2.24) is 10.3 Å². The van der Waals surface area contributed by atoms with Crippen molar-refractivity contribution in [2.45, 2.75) is 46.1 Å². The molecule has 1 aromatic heterocycles. The lowest BCUT2D eigenvalue weighted by atomic mass is 10.0. The highest BCUT2D eigenvalue weighted by molar-refractivity contribution is 5.03. The molecule has 0 bridgehead atoms. The average Bonchev–Trinajstić information content (AvgIpc) is 2.30. The third kappa shape index (κ3) is 5.26. The summed E-state index contributed by atoms with van der Waals surface area (Å²) >= 11 is 0. The molecule has 2 nitrogen and oxygen atoms in total. The Morgan fingerprint density at radius 3 is 2.75 bits per heavy atom. The molecule has 0 aromatic carbocycles. The number of pyridine rings is 1. The predicted molar refractivity (Wildman–Crippen MR) is 69.5 cm³/mol. The Labute approximate surface area is 99.5 Å². The molecule has 1 heterocycles. The Bertz CT molecular complexity index is 271. The van der Waals surface area contributed by atoms with E-state index in [0.717, 1.165) is 18.9 Å². The van der Waals surface area contributed by atoms with Gasteiger partial charge in [0.05, 0.1) is 0 Å². The van der Waals surface area contributed by atoms with E-state index in [1.54, 1.807) is 0 Å². The third-order valence-electron chi connectivity index (χ3n) is 3.05. The quantitative estimate of drug-likeness (QED) is 0.764. The van der Waals surface area contributed by atoms with Crippen LogP contribution in [0.3, 0.4) is 0 Å². The summed E-state index contributed by atoms with van der Waals surface area (Å²) in [6.07, 6.45) is 5.41. The lowest BCUT2D eigenvalue weighted by Crippen LogP contribution is -2.29. The van der Waals surface area contributed by atoms with Crippen molar-refractivity contribution in [3.8, 4) is 0 Å². The zero-order valence-electron chi connectivity index (χ0n) is 10.7. The number of nitrogens with one attached hydrogen (secondary N) is 1. The Hall–Kier alpha value is -0.890. The second-order valence-corrected chi connectivity index (χ2v) is 4.68. The fourth-order valence-electron chi connectivity index (χ4n) is 1.85. The van der Waals surface area contributed by atoms with Gasteiger partial charge in [0.25, 0.3) is 0 Å². The summed E-state index contributed by atoms with van der Waals surface area (Å²) in [6, 6.07) is 6.70. The number of nitrogens with zero attached hydrogens (tertiary/aromatic N) is 1. The van der Waals surface area contributed by atoms with E-state index < -0.39 is 0 Å². The third-order valence-corrected chi connectivity index (χ3v) is 3.05. The van der Waals surface area contributed by atoms with E-state index in [1.165, 1.54) is 18.5 Å². The molecule has 1 aromatic rings. The first kappa shape index (κ1) is 13.2. The van der Waals surface area contributed by atoms with Crippen LogP contribution in [-0.4, -0.2) is 17.6 Å². The van der Waals surface area contributed by atoms with Crippen LogP contribution in [0.25, 0.3) is 0 Å². The van der Waals surface area contributed by atoms with Gasteiger partial charge < -0.3 is 5.32 Å². The second kappa shape index (κ2) is 7.39. The van der Waals surface area contributed by atoms with Crippen molar-refractivity contribution in [3.63, 3.8) is 0 Å². The molecule has 0 spiro atoms. The molecule has 1 rings (SSSR count). The molecule has 0 saturated heterocycles. The van der Waals surface area contributed by atoms with Crippen molar-refractivity contribution in [1.29, 1.82) is 0 Å². The Balaban J connectivity index is 2.15. The van der Waals surface area contributed by atoms with Crippen LogP contribution in [0.15, 0.2) is 24.4 Å². The van der Waals surface area contributed by atoms with E-state index in [4.69, 9.17) is 0 Å². The van der Waals surface area contributed by atoms with Crippen molar-refractivity contribution in [2.24, 2.45) is 5.92 Å². The first-order valence-electron chi connectivity index (χ1n) is 6.35. The molecule has 0 aliphatic rings. The van der Waals surface area contributed by atoms with E-state index in [-0.39, 0.29) is 0 Å². The van der Waals surface area contributed by atoms with Crippen LogP contribution < -0.4 is 5.32 Å². The van der Waals surface area contributed by atoms with E-state index in [2.05, 4.69) is 37.1 Å². The van der Waals surface area contributed by atoms with Gasteiger partial charge in [-0.2, -0.15) is 0 Å². The van der Waals surface area contributed by atoms with Gasteiger partial charge in [0.15, 0.2) is 0 Å². The average molecular weight is 220 g/mol. The molecule has 1 N–H and O–H groups in total. The van der Waals surface area contributed by atoms with E-state index in [9.17, 15) is 0 Å². The van der Waals surface area contributed by atoms with Gasteiger partial charge in [0.2, 0.25) is 0 Å². The summed E-state index contributed by atoms with van der Waals surface area (Å²) in [5.74, 6) is 0.817. The maximum absolute atomic E-state index is 4.31. The van der Waals surface area contributed by atoms with Gasteiger partial charge in [-0.25, -0.2) is 0 Å². The first-order valence-corrected chi connectivity index (χ1v) is 6.35. The Morgan fingerprint density at radius 2 is 2.12 bits per heavy atom. The second-order valence-electron chi connectivity index (χ2n) is 4.68. The fourth-order valence-corrected chi connectivity index (χ4v) is 1.85. The van der Waals surface area contributed by atoms with Gasteiger partial charge >= 0.3 is 0 Å². The number of hydrogen-bond acceptors (Lipinski definition) is 2. The van der Waals surface area contributed by atoms with Gasteiger partial charge in [0.1, 0.15) is 0 Å². The molecule has 0 aliphatic carbocycles. The summed E-state index contributed by atoms with van der Waals surface area (Å²) in [4.78, 5) is 4.31. The summed E-state index contributed by atoms with van der Waals surface area (Å²) in [5, 5.41) is 3.56. The largest absolute Gasteiger partial charge is 0.314 e. The van der Waals surface area contributed by atoms with Crippen molar-refractivity contribution >= 4 is 0 Å². The summed E-state index contributed by atoms with van der Waals surface area (Å²) < 4.78 is 0. The zero-order chi connectivity index (χ0) is 11.8. The Morgan fingerprint density at radius 1 is 1.31 bits per heavy atom. The smallest absolute Gasteiger partial charge is 0.0416 e. The monoisotopic (exact) mass is 220 g/mol. The standard InChI is InChI=1S/C14H24N2/c1-4-12(2)11-13(3)15-10-8-14-7-5-6-9-16-14/h5-7,9,12-13,15H,4,8,10-11H2,1-3H3. The minimum Gasteiger partial charge on any atom is -0.314 e. The van der Waals surface area contributed by atoms with Crippen LogP contribution in [0.2, 0.25) is 0 Å². The van der Waals surface area contributed by atoms with Crippen LogP contribution in [-0.2, 0) is 6.42 Å².